The van der Waals surface area contributed by atoms with E-state index in [-0.39, 0.29) is 5.91 Å². The highest BCUT2D eigenvalue weighted by Gasteiger charge is 2.22. The lowest BCUT2D eigenvalue weighted by molar-refractivity contribution is -0.115. The Hall–Kier alpha value is -0.550. The summed E-state index contributed by atoms with van der Waals surface area (Å²) < 4.78 is 0.453. The van der Waals surface area contributed by atoms with Crippen molar-refractivity contribution < 1.29 is 4.79 Å². The van der Waals surface area contributed by atoms with Gasteiger partial charge in [-0.05, 0) is 29.8 Å². The average Bonchev–Trinajstić information content (AvgIpc) is 2.51. The van der Waals surface area contributed by atoms with Crippen molar-refractivity contribution in [1.29, 1.82) is 0 Å². The van der Waals surface area contributed by atoms with Crippen LogP contribution in [0.4, 0.5) is 0 Å². The molecule has 1 aromatic rings. The molecule has 0 aliphatic carbocycles. The van der Waals surface area contributed by atoms with Gasteiger partial charge in [-0.3, -0.25) is 4.79 Å². The normalized spacial score (nSPS) is 18.0. The van der Waals surface area contributed by atoms with Crippen LogP contribution >= 0.6 is 47.2 Å². The summed E-state index contributed by atoms with van der Waals surface area (Å²) in [6.07, 6.45) is 1.67. The minimum Gasteiger partial charge on any atom is -0.307 e. The molecule has 0 saturated carbocycles. The van der Waals surface area contributed by atoms with E-state index < -0.39 is 0 Å². The lowest BCUT2D eigenvalue weighted by Crippen LogP contribution is -2.17. The first kappa shape index (κ1) is 11.9. The van der Waals surface area contributed by atoms with Gasteiger partial charge in [0, 0.05) is 10.0 Å². The van der Waals surface area contributed by atoms with Crippen molar-refractivity contribution in [2.45, 2.75) is 0 Å². The molecule has 1 amide bonds. The zero-order valence-corrected chi connectivity index (χ0v) is 10.9. The molecule has 6 heteroatoms. The van der Waals surface area contributed by atoms with E-state index >= 15 is 0 Å². The van der Waals surface area contributed by atoms with Crippen LogP contribution in [0.3, 0.4) is 0 Å². The summed E-state index contributed by atoms with van der Waals surface area (Å²) >= 11 is 17.9. The van der Waals surface area contributed by atoms with Crippen molar-refractivity contribution in [2.24, 2.45) is 0 Å². The van der Waals surface area contributed by atoms with Crippen LogP contribution < -0.4 is 5.32 Å². The summed E-state index contributed by atoms with van der Waals surface area (Å²) in [7, 11) is 0. The molecular weight excluding hydrogens is 285 g/mol. The molecule has 0 spiro atoms. The minimum absolute atomic E-state index is 0.203. The summed E-state index contributed by atoms with van der Waals surface area (Å²) in [4.78, 5) is 11.9. The third kappa shape index (κ3) is 2.58. The van der Waals surface area contributed by atoms with Crippen LogP contribution in [0.2, 0.25) is 10.0 Å². The van der Waals surface area contributed by atoms with Gasteiger partial charge >= 0.3 is 0 Å². The Kier molecular flexibility index (Phi) is 3.54. The van der Waals surface area contributed by atoms with Crippen LogP contribution in [0, 0.1) is 0 Å². The molecule has 1 aromatic carbocycles. The SMILES string of the molecule is O=C1NC(=S)S/C1=C/c1cc(Cl)ccc1Cl. The van der Waals surface area contributed by atoms with E-state index in [9.17, 15) is 4.79 Å². The number of hydrogen-bond acceptors (Lipinski definition) is 3. The molecule has 0 radical (unpaired) electrons. The van der Waals surface area contributed by atoms with Crippen LogP contribution in [0.15, 0.2) is 23.1 Å². The van der Waals surface area contributed by atoms with Gasteiger partial charge in [0.05, 0.1) is 4.91 Å². The fraction of sp³-hybridized carbons (Fsp3) is 0. The van der Waals surface area contributed by atoms with Gasteiger partial charge in [-0.1, -0.05) is 47.2 Å². The molecule has 1 N–H and O–H groups in total. The number of rotatable bonds is 1. The quantitative estimate of drug-likeness (QED) is 0.634. The smallest absolute Gasteiger partial charge is 0.263 e. The molecule has 1 aliphatic heterocycles. The largest absolute Gasteiger partial charge is 0.307 e. The maximum absolute atomic E-state index is 11.4. The third-order valence-electron chi connectivity index (χ3n) is 1.89. The number of nitrogens with one attached hydrogen (secondary N) is 1. The summed E-state index contributed by atoms with van der Waals surface area (Å²) in [6.45, 7) is 0. The first-order valence-corrected chi connectivity index (χ1v) is 6.24. The number of thioether (sulfide) groups is 1. The number of hydrogen-bond donors (Lipinski definition) is 1. The number of benzene rings is 1. The highest BCUT2D eigenvalue weighted by Crippen LogP contribution is 2.29. The van der Waals surface area contributed by atoms with Crippen molar-refractivity contribution in [1.82, 2.24) is 5.32 Å². The van der Waals surface area contributed by atoms with E-state index in [1.54, 1.807) is 24.3 Å². The van der Waals surface area contributed by atoms with Crippen molar-refractivity contribution in [3.8, 4) is 0 Å². The predicted octanol–water partition coefficient (Wildman–Crippen LogP) is 3.48. The molecule has 1 fully saturated rings. The first-order chi connectivity index (χ1) is 7.56. The van der Waals surface area contributed by atoms with Crippen LogP contribution in [-0.2, 0) is 4.79 Å². The van der Waals surface area contributed by atoms with Gasteiger partial charge in [-0.2, -0.15) is 0 Å². The zero-order valence-electron chi connectivity index (χ0n) is 7.79. The first-order valence-electron chi connectivity index (χ1n) is 4.26. The van der Waals surface area contributed by atoms with Crippen LogP contribution in [0.1, 0.15) is 5.56 Å². The zero-order chi connectivity index (χ0) is 11.7. The Labute approximate surface area is 112 Å². The molecule has 0 unspecified atom stereocenters. The molecule has 1 saturated heterocycles. The topological polar surface area (TPSA) is 29.1 Å². The Morgan fingerprint density at radius 3 is 2.75 bits per heavy atom. The summed E-state index contributed by atoms with van der Waals surface area (Å²) in [5.41, 5.74) is 0.705. The molecule has 0 atom stereocenters. The second-order valence-electron chi connectivity index (χ2n) is 3.02. The van der Waals surface area contributed by atoms with Crippen LogP contribution in [0.25, 0.3) is 6.08 Å². The van der Waals surface area contributed by atoms with E-state index in [0.717, 1.165) is 0 Å². The monoisotopic (exact) mass is 289 g/mol. The van der Waals surface area contributed by atoms with Gasteiger partial charge in [0.2, 0.25) is 0 Å². The number of thiocarbonyl (C=S) groups is 1. The summed E-state index contributed by atoms with van der Waals surface area (Å²) in [5, 5.41) is 3.65. The van der Waals surface area contributed by atoms with Gasteiger partial charge in [0.15, 0.2) is 0 Å². The summed E-state index contributed by atoms with van der Waals surface area (Å²) in [6, 6.07) is 5.08. The van der Waals surface area contributed by atoms with Crippen molar-refractivity contribution >= 4 is 63.5 Å². The molecule has 82 valence electrons. The number of halogens is 2. The van der Waals surface area contributed by atoms with Gasteiger partial charge in [0.1, 0.15) is 4.32 Å². The highest BCUT2D eigenvalue weighted by atomic mass is 35.5. The lowest BCUT2D eigenvalue weighted by Gasteiger charge is -1.99. The minimum atomic E-state index is -0.203. The van der Waals surface area contributed by atoms with E-state index in [0.29, 0.717) is 24.8 Å². The lowest BCUT2D eigenvalue weighted by atomic mass is 10.2. The highest BCUT2D eigenvalue weighted by molar-refractivity contribution is 8.26. The Morgan fingerprint density at radius 2 is 2.12 bits per heavy atom. The van der Waals surface area contributed by atoms with E-state index in [1.807, 2.05) is 0 Å². The molecule has 0 aromatic heterocycles. The maximum Gasteiger partial charge on any atom is 0.263 e. The number of carbonyl (C=O) groups excluding carboxylic acids is 1. The molecule has 16 heavy (non-hydrogen) atoms. The van der Waals surface area contributed by atoms with Crippen molar-refractivity contribution in [2.75, 3.05) is 0 Å². The van der Waals surface area contributed by atoms with E-state index in [2.05, 4.69) is 5.32 Å². The Morgan fingerprint density at radius 1 is 1.38 bits per heavy atom. The average molecular weight is 290 g/mol. The molecule has 1 heterocycles. The standard InChI is InChI=1S/C10H5Cl2NOS2/c11-6-1-2-7(12)5(3-6)4-8-9(14)13-10(15)16-8/h1-4H,(H,13,14,15)/b8-4+. The van der Waals surface area contributed by atoms with Gasteiger partial charge in [0.25, 0.3) is 5.91 Å². The molecular formula is C10H5Cl2NOS2. The molecule has 1 aliphatic rings. The van der Waals surface area contributed by atoms with Crippen molar-refractivity contribution in [3.05, 3.63) is 38.7 Å². The van der Waals surface area contributed by atoms with Crippen LogP contribution in [0.5, 0.6) is 0 Å². The molecule has 0 bridgehead atoms. The second-order valence-corrected chi connectivity index (χ2v) is 5.58. The van der Waals surface area contributed by atoms with E-state index in [4.69, 9.17) is 35.4 Å². The maximum atomic E-state index is 11.4. The van der Waals surface area contributed by atoms with Crippen molar-refractivity contribution in [3.63, 3.8) is 0 Å². The Balaban J connectivity index is 2.39. The van der Waals surface area contributed by atoms with Gasteiger partial charge in [-0.15, -0.1) is 0 Å². The number of carbonyl (C=O) groups is 1. The van der Waals surface area contributed by atoms with Gasteiger partial charge < -0.3 is 5.32 Å². The number of amides is 1. The molecule has 2 rings (SSSR count). The fourth-order valence-electron chi connectivity index (χ4n) is 1.19. The van der Waals surface area contributed by atoms with Gasteiger partial charge in [-0.25, -0.2) is 0 Å². The van der Waals surface area contributed by atoms with Crippen LogP contribution in [-0.4, -0.2) is 10.2 Å². The second kappa shape index (κ2) is 4.75. The third-order valence-corrected chi connectivity index (χ3v) is 3.63. The fourth-order valence-corrected chi connectivity index (χ4v) is 2.58. The Bertz CT molecular complexity index is 514. The predicted molar refractivity (Wildman–Crippen MR) is 72.8 cm³/mol. The summed E-state index contributed by atoms with van der Waals surface area (Å²) in [5.74, 6) is -0.203. The van der Waals surface area contributed by atoms with E-state index in [1.165, 1.54) is 11.8 Å². The molecule has 2 nitrogen and oxygen atoms in total.